The predicted molar refractivity (Wildman–Crippen MR) is 92.5 cm³/mol. The van der Waals surface area contributed by atoms with Crippen molar-refractivity contribution in [1.82, 2.24) is 10.2 Å². The zero-order chi connectivity index (χ0) is 15.1. The molecular formula is C15H24Br2N2O. The van der Waals surface area contributed by atoms with E-state index in [0.29, 0.717) is 6.04 Å². The Morgan fingerprint density at radius 2 is 1.75 bits per heavy atom. The summed E-state index contributed by atoms with van der Waals surface area (Å²) >= 11 is 7.07. The maximum Gasteiger partial charge on any atom is 0.147 e. The van der Waals surface area contributed by atoms with Crippen LogP contribution in [0.4, 0.5) is 0 Å². The first-order valence-electron chi connectivity index (χ1n) is 6.99. The molecule has 114 valence electrons. The van der Waals surface area contributed by atoms with Crippen molar-refractivity contribution < 1.29 is 4.74 Å². The molecule has 5 heteroatoms. The molecule has 0 bridgehead atoms. The summed E-state index contributed by atoms with van der Waals surface area (Å²) in [6, 6.07) is 4.66. The summed E-state index contributed by atoms with van der Waals surface area (Å²) in [6.45, 7) is 10.8. The van der Waals surface area contributed by atoms with Crippen LogP contribution >= 0.6 is 31.9 Å². The van der Waals surface area contributed by atoms with Gasteiger partial charge in [0.25, 0.3) is 0 Å². The van der Waals surface area contributed by atoms with Gasteiger partial charge in [-0.3, -0.25) is 0 Å². The molecule has 0 fully saturated rings. The normalized spacial score (nSPS) is 12.8. The summed E-state index contributed by atoms with van der Waals surface area (Å²) in [7, 11) is 1.68. The maximum absolute atomic E-state index is 5.32. The maximum atomic E-state index is 5.32. The van der Waals surface area contributed by atoms with Gasteiger partial charge in [0.2, 0.25) is 0 Å². The molecular weight excluding hydrogens is 384 g/mol. The van der Waals surface area contributed by atoms with Crippen LogP contribution in [0.5, 0.6) is 5.75 Å². The minimum Gasteiger partial charge on any atom is -0.494 e. The van der Waals surface area contributed by atoms with Crippen molar-refractivity contribution >= 4 is 31.9 Å². The van der Waals surface area contributed by atoms with Gasteiger partial charge < -0.3 is 15.0 Å². The summed E-state index contributed by atoms with van der Waals surface area (Å²) in [5, 5.41) is 3.57. The number of benzene rings is 1. The first kappa shape index (κ1) is 18.0. The highest BCUT2D eigenvalue weighted by molar-refractivity contribution is 9.11. The number of hydrogen-bond acceptors (Lipinski definition) is 3. The van der Waals surface area contributed by atoms with Crippen LogP contribution in [-0.2, 0) is 6.54 Å². The summed E-state index contributed by atoms with van der Waals surface area (Å²) < 4.78 is 7.27. The van der Waals surface area contributed by atoms with Crippen LogP contribution in [0.1, 0.15) is 26.3 Å². The Kier molecular flexibility index (Phi) is 8.10. The van der Waals surface area contributed by atoms with Gasteiger partial charge in [0.05, 0.1) is 16.1 Å². The van der Waals surface area contributed by atoms with Gasteiger partial charge in [-0.25, -0.2) is 0 Å². The van der Waals surface area contributed by atoms with Crippen molar-refractivity contribution in [3.05, 3.63) is 26.6 Å². The van der Waals surface area contributed by atoms with Gasteiger partial charge >= 0.3 is 0 Å². The van der Waals surface area contributed by atoms with Crippen molar-refractivity contribution in [2.45, 2.75) is 33.4 Å². The zero-order valence-corrected chi connectivity index (χ0v) is 15.8. The fourth-order valence-corrected chi connectivity index (χ4v) is 3.74. The van der Waals surface area contributed by atoms with Crippen molar-refractivity contribution in [1.29, 1.82) is 0 Å². The average molecular weight is 408 g/mol. The van der Waals surface area contributed by atoms with Crippen LogP contribution in [-0.4, -0.2) is 37.7 Å². The molecule has 0 saturated heterocycles. The second-order valence-electron chi connectivity index (χ2n) is 4.86. The number of ether oxygens (including phenoxy) is 1. The Morgan fingerprint density at radius 1 is 1.20 bits per heavy atom. The number of rotatable bonds is 8. The van der Waals surface area contributed by atoms with Gasteiger partial charge in [-0.15, -0.1) is 0 Å². The zero-order valence-electron chi connectivity index (χ0n) is 12.7. The molecule has 0 amide bonds. The molecule has 0 spiro atoms. The highest BCUT2D eigenvalue weighted by Gasteiger charge is 2.10. The van der Waals surface area contributed by atoms with Crippen LogP contribution in [0.25, 0.3) is 0 Å². The summed E-state index contributed by atoms with van der Waals surface area (Å²) in [5.41, 5.74) is 1.23. The van der Waals surface area contributed by atoms with E-state index in [2.05, 4.69) is 75.0 Å². The molecule has 0 aliphatic rings. The second kappa shape index (κ2) is 9.03. The Morgan fingerprint density at radius 3 is 2.20 bits per heavy atom. The molecule has 0 aliphatic heterocycles. The monoisotopic (exact) mass is 406 g/mol. The fourth-order valence-electron chi connectivity index (χ4n) is 2.14. The lowest BCUT2D eigenvalue weighted by molar-refractivity contribution is 0.270. The van der Waals surface area contributed by atoms with Gasteiger partial charge in [0.15, 0.2) is 0 Å². The molecule has 1 unspecified atom stereocenters. The topological polar surface area (TPSA) is 24.5 Å². The molecule has 0 heterocycles. The number of hydrogen-bond donors (Lipinski definition) is 1. The molecule has 1 N–H and O–H groups in total. The molecule has 1 rings (SSSR count). The van der Waals surface area contributed by atoms with E-state index in [0.717, 1.165) is 40.9 Å². The fraction of sp³-hybridized carbons (Fsp3) is 0.600. The van der Waals surface area contributed by atoms with E-state index in [1.807, 2.05) is 0 Å². The summed E-state index contributed by atoms with van der Waals surface area (Å²) in [6.07, 6.45) is 0. The van der Waals surface area contributed by atoms with E-state index in [4.69, 9.17) is 4.74 Å². The first-order chi connectivity index (χ1) is 9.51. The summed E-state index contributed by atoms with van der Waals surface area (Å²) in [5.74, 6) is 0.838. The Balaban J connectivity index is 2.57. The highest BCUT2D eigenvalue weighted by Crippen LogP contribution is 2.34. The lowest BCUT2D eigenvalue weighted by atomic mass is 10.2. The van der Waals surface area contributed by atoms with Crippen molar-refractivity contribution in [2.75, 3.05) is 26.7 Å². The largest absolute Gasteiger partial charge is 0.494 e. The molecule has 1 atom stereocenters. The highest BCUT2D eigenvalue weighted by atomic mass is 79.9. The Hall–Kier alpha value is -0.100. The number of halogens is 2. The third-order valence-corrected chi connectivity index (χ3v) is 4.52. The van der Waals surface area contributed by atoms with E-state index in [1.165, 1.54) is 5.56 Å². The molecule has 3 nitrogen and oxygen atoms in total. The van der Waals surface area contributed by atoms with E-state index in [1.54, 1.807) is 7.11 Å². The second-order valence-corrected chi connectivity index (χ2v) is 6.57. The van der Waals surface area contributed by atoms with Gasteiger partial charge in [-0.1, -0.05) is 13.8 Å². The quantitative estimate of drug-likeness (QED) is 0.703. The van der Waals surface area contributed by atoms with E-state index in [9.17, 15) is 0 Å². The van der Waals surface area contributed by atoms with Gasteiger partial charge in [-0.2, -0.15) is 0 Å². The van der Waals surface area contributed by atoms with E-state index in [-0.39, 0.29) is 0 Å². The molecule has 0 radical (unpaired) electrons. The van der Waals surface area contributed by atoms with Gasteiger partial charge in [0.1, 0.15) is 5.75 Å². The van der Waals surface area contributed by atoms with Crippen molar-refractivity contribution in [2.24, 2.45) is 0 Å². The van der Waals surface area contributed by atoms with Crippen molar-refractivity contribution in [3.63, 3.8) is 0 Å². The standard InChI is InChI=1S/C15H24Br2N2O/c1-5-19(6-2)10-11(3)18-9-12-7-13(16)15(20-4)14(17)8-12/h7-8,11,18H,5-6,9-10H2,1-4H3. The van der Waals surface area contributed by atoms with Crippen LogP contribution in [0, 0.1) is 0 Å². The van der Waals surface area contributed by atoms with E-state index >= 15 is 0 Å². The van der Waals surface area contributed by atoms with Crippen molar-refractivity contribution in [3.8, 4) is 5.75 Å². The van der Waals surface area contributed by atoms with Gasteiger partial charge in [-0.05, 0) is 69.6 Å². The molecule has 1 aromatic carbocycles. The summed E-state index contributed by atoms with van der Waals surface area (Å²) in [4.78, 5) is 2.43. The third kappa shape index (κ3) is 5.35. The average Bonchev–Trinajstić information content (AvgIpc) is 2.42. The van der Waals surface area contributed by atoms with Crippen LogP contribution < -0.4 is 10.1 Å². The molecule has 0 aliphatic carbocycles. The minimum atomic E-state index is 0.467. The lowest BCUT2D eigenvalue weighted by Crippen LogP contribution is -2.38. The number of nitrogens with zero attached hydrogens (tertiary/aromatic N) is 1. The molecule has 1 aromatic rings. The predicted octanol–water partition coefficient (Wildman–Crippen LogP) is 4.04. The van der Waals surface area contributed by atoms with Crippen LogP contribution in [0.3, 0.4) is 0 Å². The minimum absolute atomic E-state index is 0.467. The van der Waals surface area contributed by atoms with E-state index < -0.39 is 0 Å². The first-order valence-corrected chi connectivity index (χ1v) is 8.58. The lowest BCUT2D eigenvalue weighted by Gasteiger charge is -2.23. The number of methoxy groups -OCH3 is 1. The van der Waals surface area contributed by atoms with Crippen LogP contribution in [0.15, 0.2) is 21.1 Å². The number of likely N-dealkylation sites (N-methyl/N-ethyl adjacent to an activating group) is 1. The Labute approximate surface area is 139 Å². The molecule has 0 saturated carbocycles. The molecule has 20 heavy (non-hydrogen) atoms. The number of nitrogens with one attached hydrogen (secondary N) is 1. The van der Waals surface area contributed by atoms with Gasteiger partial charge in [0, 0.05) is 19.1 Å². The molecule has 0 aromatic heterocycles. The SMILES string of the molecule is CCN(CC)CC(C)NCc1cc(Br)c(OC)c(Br)c1. The van der Waals surface area contributed by atoms with Crippen LogP contribution in [0.2, 0.25) is 0 Å². The third-order valence-electron chi connectivity index (χ3n) is 3.34. The Bertz CT molecular complexity index is 399. The smallest absolute Gasteiger partial charge is 0.147 e.